The highest BCUT2D eigenvalue weighted by Crippen LogP contribution is 2.44. The van der Waals surface area contributed by atoms with Crippen molar-refractivity contribution in [1.82, 2.24) is 19.5 Å². The van der Waals surface area contributed by atoms with Crippen LogP contribution in [-0.2, 0) is 0 Å². The van der Waals surface area contributed by atoms with Crippen LogP contribution in [0.25, 0.3) is 117 Å². The maximum Gasteiger partial charge on any atom is 0.164 e. The number of fused-ring (bicyclic) bond motifs is 7. The quantitative estimate of drug-likeness (QED) is 0.169. The van der Waals surface area contributed by atoms with Gasteiger partial charge in [-0.05, 0) is 69.4 Å². The van der Waals surface area contributed by atoms with Gasteiger partial charge in [0.1, 0.15) is 5.58 Å². The number of benzene rings is 9. The molecule has 3 aromatic heterocycles. The van der Waals surface area contributed by atoms with Gasteiger partial charge in [-0.25, -0.2) is 15.0 Å². The highest BCUT2D eigenvalue weighted by Gasteiger charge is 2.23. The molecule has 12 aromatic rings. The highest BCUT2D eigenvalue weighted by molar-refractivity contribution is 6.17. The Morgan fingerprint density at radius 2 is 0.950 bits per heavy atom. The average Bonchev–Trinajstić information content (AvgIpc) is 3.87. The van der Waals surface area contributed by atoms with E-state index in [2.05, 4.69) is 138 Å². The molecule has 5 heteroatoms. The summed E-state index contributed by atoms with van der Waals surface area (Å²) in [5.41, 5.74) is 12.0. The van der Waals surface area contributed by atoms with Crippen molar-refractivity contribution in [3.63, 3.8) is 0 Å². The van der Waals surface area contributed by atoms with E-state index in [-0.39, 0.29) is 0 Å². The highest BCUT2D eigenvalue weighted by atomic mass is 16.3. The van der Waals surface area contributed by atoms with Crippen LogP contribution in [0.4, 0.5) is 0 Å². The number of rotatable bonds is 6. The number of para-hydroxylation sites is 1. The largest absolute Gasteiger partial charge is 0.454 e. The Hall–Kier alpha value is -8.15. The zero-order valence-corrected chi connectivity index (χ0v) is 32.3. The summed E-state index contributed by atoms with van der Waals surface area (Å²) in [6.45, 7) is 0. The van der Waals surface area contributed by atoms with Gasteiger partial charge in [0.2, 0.25) is 0 Å². The molecule has 0 radical (unpaired) electrons. The standard InChI is InChI=1S/C55H34N4O/c1-4-15-35(16-5-1)42-32-46-51-45(55-57-53(37-18-6-2-7-19-37)56-54(58-55)38-20-8-3-9-21-38)24-14-26-50(51)60-52(46)49(34-42)59-47-25-13-12-23-43(47)44-30-29-41(33-48(44)59)40-28-27-36-17-10-11-22-39(36)31-40/h1-34H. The molecule has 0 aliphatic heterocycles. The lowest BCUT2D eigenvalue weighted by molar-refractivity contribution is 0.666. The Morgan fingerprint density at radius 3 is 1.70 bits per heavy atom. The molecule has 0 unspecified atom stereocenters. The Labute approximate surface area is 345 Å². The third-order valence-electron chi connectivity index (χ3n) is 11.6. The van der Waals surface area contributed by atoms with Crippen LogP contribution in [0.5, 0.6) is 0 Å². The molecule has 12 rings (SSSR count). The van der Waals surface area contributed by atoms with E-state index in [0.717, 1.165) is 72.0 Å². The van der Waals surface area contributed by atoms with Crippen molar-refractivity contribution in [3.8, 4) is 62.1 Å². The van der Waals surface area contributed by atoms with Crippen molar-refractivity contribution in [2.24, 2.45) is 0 Å². The molecule has 0 N–H and O–H groups in total. The van der Waals surface area contributed by atoms with Crippen LogP contribution in [0.3, 0.4) is 0 Å². The first-order chi connectivity index (χ1) is 29.7. The second kappa shape index (κ2) is 13.8. The number of hydrogen-bond acceptors (Lipinski definition) is 4. The molecular formula is C55H34N4O. The van der Waals surface area contributed by atoms with E-state index in [1.165, 1.54) is 27.1 Å². The zero-order valence-electron chi connectivity index (χ0n) is 32.3. The average molecular weight is 767 g/mol. The minimum absolute atomic E-state index is 0.583. The summed E-state index contributed by atoms with van der Waals surface area (Å²) < 4.78 is 9.44. The monoisotopic (exact) mass is 766 g/mol. The molecule has 0 fully saturated rings. The summed E-state index contributed by atoms with van der Waals surface area (Å²) in [6, 6.07) is 72.3. The van der Waals surface area contributed by atoms with Gasteiger partial charge in [0.25, 0.3) is 0 Å². The van der Waals surface area contributed by atoms with E-state index in [4.69, 9.17) is 19.4 Å². The van der Waals surface area contributed by atoms with Gasteiger partial charge < -0.3 is 8.98 Å². The maximum atomic E-state index is 7.06. The number of hydrogen-bond donors (Lipinski definition) is 0. The molecule has 0 saturated heterocycles. The smallest absolute Gasteiger partial charge is 0.164 e. The van der Waals surface area contributed by atoms with Gasteiger partial charge in [-0.3, -0.25) is 0 Å². The van der Waals surface area contributed by atoms with Crippen LogP contribution in [0.2, 0.25) is 0 Å². The van der Waals surface area contributed by atoms with Gasteiger partial charge in [0.05, 0.1) is 16.7 Å². The Morgan fingerprint density at radius 1 is 0.350 bits per heavy atom. The van der Waals surface area contributed by atoms with Crippen LogP contribution >= 0.6 is 0 Å². The fourth-order valence-electron chi connectivity index (χ4n) is 8.77. The third-order valence-corrected chi connectivity index (χ3v) is 11.6. The summed E-state index contributed by atoms with van der Waals surface area (Å²) in [7, 11) is 0. The topological polar surface area (TPSA) is 56.7 Å². The summed E-state index contributed by atoms with van der Waals surface area (Å²) in [5, 5.41) is 6.74. The van der Waals surface area contributed by atoms with E-state index >= 15 is 0 Å². The summed E-state index contributed by atoms with van der Waals surface area (Å²) in [6.07, 6.45) is 0. The molecular weight excluding hydrogens is 733 g/mol. The zero-order chi connectivity index (χ0) is 39.6. The maximum absolute atomic E-state index is 7.06. The van der Waals surface area contributed by atoms with Gasteiger partial charge in [-0.2, -0.15) is 0 Å². The van der Waals surface area contributed by atoms with Gasteiger partial charge in [-0.1, -0.05) is 170 Å². The first-order valence-corrected chi connectivity index (χ1v) is 20.2. The molecule has 0 spiro atoms. The predicted molar refractivity (Wildman–Crippen MR) is 246 cm³/mol. The summed E-state index contributed by atoms with van der Waals surface area (Å²) >= 11 is 0. The summed E-state index contributed by atoms with van der Waals surface area (Å²) in [4.78, 5) is 15.3. The van der Waals surface area contributed by atoms with Crippen molar-refractivity contribution in [2.75, 3.05) is 0 Å². The minimum Gasteiger partial charge on any atom is -0.454 e. The van der Waals surface area contributed by atoms with Crippen molar-refractivity contribution < 1.29 is 4.42 Å². The first-order valence-electron chi connectivity index (χ1n) is 20.2. The second-order valence-corrected chi connectivity index (χ2v) is 15.2. The number of nitrogens with zero attached hydrogens (tertiary/aromatic N) is 4. The fraction of sp³-hybridized carbons (Fsp3) is 0. The lowest BCUT2D eigenvalue weighted by atomic mass is 9.99. The van der Waals surface area contributed by atoms with Crippen molar-refractivity contribution >= 4 is 54.5 Å². The lowest BCUT2D eigenvalue weighted by Crippen LogP contribution is -2.00. The lowest BCUT2D eigenvalue weighted by Gasteiger charge is -2.13. The van der Waals surface area contributed by atoms with E-state index in [1.54, 1.807) is 0 Å². The number of furan rings is 1. The second-order valence-electron chi connectivity index (χ2n) is 15.2. The normalized spacial score (nSPS) is 11.7. The van der Waals surface area contributed by atoms with Crippen molar-refractivity contribution in [1.29, 1.82) is 0 Å². The van der Waals surface area contributed by atoms with E-state index in [0.29, 0.717) is 17.5 Å². The van der Waals surface area contributed by atoms with Crippen molar-refractivity contribution in [3.05, 3.63) is 206 Å². The molecule has 280 valence electrons. The first kappa shape index (κ1) is 33.9. The van der Waals surface area contributed by atoms with Crippen LogP contribution in [-0.4, -0.2) is 19.5 Å². The summed E-state index contributed by atoms with van der Waals surface area (Å²) in [5.74, 6) is 1.81. The molecule has 9 aromatic carbocycles. The molecule has 0 amide bonds. The Balaban J connectivity index is 1.15. The van der Waals surface area contributed by atoms with Crippen molar-refractivity contribution in [2.45, 2.75) is 0 Å². The molecule has 60 heavy (non-hydrogen) atoms. The van der Waals surface area contributed by atoms with Crippen LogP contribution < -0.4 is 0 Å². The SMILES string of the molecule is c1ccc(-c2cc(-n3c4ccccc4c4ccc(-c5ccc6ccccc6c5)cc43)c3oc4cccc(-c5nc(-c6ccccc6)nc(-c6ccccc6)n5)c4c3c2)cc1. The van der Waals surface area contributed by atoms with Gasteiger partial charge in [0.15, 0.2) is 23.1 Å². The molecule has 0 saturated carbocycles. The third kappa shape index (κ3) is 5.59. The molecule has 0 bridgehead atoms. The van der Waals surface area contributed by atoms with Crippen LogP contribution in [0.1, 0.15) is 0 Å². The molecule has 0 atom stereocenters. The van der Waals surface area contributed by atoms with Gasteiger partial charge in [-0.15, -0.1) is 0 Å². The van der Waals surface area contributed by atoms with E-state index in [1.807, 2.05) is 72.8 Å². The van der Waals surface area contributed by atoms with Gasteiger partial charge in [0, 0.05) is 38.2 Å². The van der Waals surface area contributed by atoms with Crippen LogP contribution in [0.15, 0.2) is 211 Å². The fourth-order valence-corrected chi connectivity index (χ4v) is 8.77. The number of aromatic nitrogens is 4. The molecule has 0 aliphatic rings. The Bertz CT molecular complexity index is 3530. The molecule has 5 nitrogen and oxygen atoms in total. The predicted octanol–water partition coefficient (Wildman–Crippen LogP) is 14.4. The van der Waals surface area contributed by atoms with E-state index < -0.39 is 0 Å². The van der Waals surface area contributed by atoms with E-state index in [9.17, 15) is 0 Å². The van der Waals surface area contributed by atoms with Gasteiger partial charge >= 0.3 is 0 Å². The Kier molecular flexibility index (Phi) is 7.78. The molecule has 3 heterocycles. The minimum atomic E-state index is 0.583. The van der Waals surface area contributed by atoms with Crippen LogP contribution in [0, 0.1) is 0 Å². The molecule has 0 aliphatic carbocycles.